The Kier molecular flexibility index (Phi) is 13.0. The summed E-state index contributed by atoms with van der Waals surface area (Å²) in [5.74, 6) is 7.42. The number of H-pyrrole nitrogens is 2. The van der Waals surface area contributed by atoms with E-state index in [9.17, 15) is 19.2 Å². The van der Waals surface area contributed by atoms with Crippen molar-refractivity contribution in [2.45, 2.75) is 49.9 Å². The highest BCUT2D eigenvalue weighted by atomic mass is 16.5. The molecule has 4 fully saturated rings. The van der Waals surface area contributed by atoms with E-state index >= 15 is 0 Å². The number of benzene rings is 3. The third-order valence-electron chi connectivity index (χ3n) is 12.3. The van der Waals surface area contributed by atoms with Gasteiger partial charge in [0.05, 0.1) is 56.6 Å². The van der Waals surface area contributed by atoms with Gasteiger partial charge in [0.1, 0.15) is 29.4 Å². The Morgan fingerprint density at radius 2 is 1.08 bits per heavy atom. The van der Waals surface area contributed by atoms with Crippen molar-refractivity contribution < 1.29 is 28.7 Å². The molecule has 4 saturated heterocycles. The van der Waals surface area contributed by atoms with Crippen LogP contribution in [0.3, 0.4) is 0 Å². The molecule has 6 amide bonds. The van der Waals surface area contributed by atoms with E-state index in [0.717, 1.165) is 53.6 Å². The number of hydrogen-bond acceptors (Lipinski definition) is 8. The van der Waals surface area contributed by atoms with Gasteiger partial charge in [0.2, 0.25) is 11.8 Å². The maximum absolute atomic E-state index is 14.3. The summed E-state index contributed by atoms with van der Waals surface area (Å²) in [4.78, 5) is 78.2. The SMILES string of the molecule is O=C(N[C@@H](C(=O)N1CCC[C@H]1c1ncc(C#Cc2ccc(-c3cnc([C@@H]4CCCN4C(=O)[C@H](NC(=O)N4CCOCC4)c4ccccc4)[nH]3)cc2)[nH]1)c1ccccc1)N1CCOCC1. The number of imidazole rings is 2. The minimum Gasteiger partial charge on any atom is -0.378 e. The molecule has 0 unspecified atom stereocenters. The van der Waals surface area contributed by atoms with Crippen molar-refractivity contribution in [3.05, 3.63) is 131 Å². The highest BCUT2D eigenvalue weighted by Gasteiger charge is 2.39. The first-order chi connectivity index (χ1) is 31.4. The molecule has 4 aliphatic rings. The van der Waals surface area contributed by atoms with Gasteiger partial charge >= 0.3 is 12.1 Å². The number of nitrogens with zero attached hydrogens (tertiary/aromatic N) is 6. The zero-order chi connectivity index (χ0) is 43.8. The normalized spacial score (nSPS) is 19.7. The number of amides is 6. The van der Waals surface area contributed by atoms with Gasteiger partial charge in [-0.15, -0.1) is 0 Å². The molecule has 16 nitrogen and oxygen atoms in total. The highest BCUT2D eigenvalue weighted by molar-refractivity contribution is 5.89. The quantitative estimate of drug-likeness (QED) is 0.148. The van der Waals surface area contributed by atoms with Crippen LogP contribution in [-0.4, -0.2) is 129 Å². The Morgan fingerprint density at radius 1 is 0.594 bits per heavy atom. The Hall–Kier alpha value is -6.96. The lowest BCUT2D eigenvalue weighted by Crippen LogP contribution is -2.50. The molecular weight excluding hydrogens is 813 g/mol. The summed E-state index contributed by atoms with van der Waals surface area (Å²) in [5.41, 5.74) is 4.62. The molecule has 3 aromatic carbocycles. The van der Waals surface area contributed by atoms with Gasteiger partial charge < -0.3 is 49.7 Å². The van der Waals surface area contributed by atoms with Crippen LogP contribution < -0.4 is 10.6 Å². The standard InChI is InChI=1S/C48H52N10O6/c59-45(41(35-9-3-1-4-10-35)53-47(61)55-23-27-63-28-24-55)57-21-7-13-39(57)43-49-31-37(51-43)20-17-33-15-18-34(19-16-33)38-32-50-44(52-38)40-14-8-22-58(40)46(60)42(36-11-5-2-6-12-36)54-48(62)56-25-29-64-30-26-56/h1-6,9-12,15-16,18-19,31-32,39-42H,7-8,13-14,21-30H2,(H,49,51)(H,50,52)(H,53,61)(H,54,62)/t39-,40-,41+,42+/m0/s1. The van der Waals surface area contributed by atoms with E-state index in [4.69, 9.17) is 14.5 Å². The molecule has 6 heterocycles. The molecule has 2 aromatic heterocycles. The zero-order valence-electron chi connectivity index (χ0n) is 35.6. The van der Waals surface area contributed by atoms with Crippen LogP contribution >= 0.6 is 0 Å². The monoisotopic (exact) mass is 864 g/mol. The number of carbonyl (C=O) groups is 4. The van der Waals surface area contributed by atoms with E-state index in [1.165, 1.54) is 0 Å². The van der Waals surface area contributed by atoms with Crippen molar-refractivity contribution in [3.8, 4) is 23.1 Å². The molecule has 4 N–H and O–H groups in total. The third-order valence-corrected chi connectivity index (χ3v) is 12.3. The van der Waals surface area contributed by atoms with Crippen molar-refractivity contribution in [3.63, 3.8) is 0 Å². The molecule has 0 aliphatic carbocycles. The summed E-state index contributed by atoms with van der Waals surface area (Å²) in [5, 5.41) is 6.02. The van der Waals surface area contributed by atoms with Gasteiger partial charge in [-0.25, -0.2) is 19.6 Å². The van der Waals surface area contributed by atoms with Crippen LogP contribution in [0.1, 0.15) is 83.9 Å². The average molecular weight is 865 g/mol. The number of nitrogens with one attached hydrogen (secondary N) is 4. The average Bonchev–Trinajstić information content (AvgIpc) is 4.21. The lowest BCUT2D eigenvalue weighted by Gasteiger charge is -2.32. The van der Waals surface area contributed by atoms with Crippen LogP contribution in [0.5, 0.6) is 0 Å². The molecule has 16 heteroatoms. The molecule has 0 saturated carbocycles. The Labute approximate surface area is 371 Å². The van der Waals surface area contributed by atoms with Crippen LogP contribution in [0.4, 0.5) is 9.59 Å². The first-order valence-electron chi connectivity index (χ1n) is 22.1. The molecule has 4 atom stereocenters. The first kappa shape index (κ1) is 42.3. The molecule has 5 aromatic rings. The van der Waals surface area contributed by atoms with Crippen molar-refractivity contribution in [1.29, 1.82) is 0 Å². The number of hydrogen-bond donors (Lipinski definition) is 4. The van der Waals surface area contributed by atoms with E-state index in [1.807, 2.05) is 94.7 Å². The van der Waals surface area contributed by atoms with Gasteiger partial charge in [0.15, 0.2) is 0 Å². The Morgan fingerprint density at radius 3 is 1.59 bits per heavy atom. The van der Waals surface area contributed by atoms with Crippen LogP contribution in [-0.2, 0) is 19.1 Å². The highest BCUT2D eigenvalue weighted by Crippen LogP contribution is 2.35. The summed E-state index contributed by atoms with van der Waals surface area (Å²) in [6, 6.07) is 23.8. The predicted octanol–water partition coefficient (Wildman–Crippen LogP) is 5.09. The first-order valence-corrected chi connectivity index (χ1v) is 22.1. The maximum atomic E-state index is 14.3. The number of rotatable bonds is 9. The fraction of sp³-hybridized carbons (Fsp3) is 0.375. The number of aromatic amines is 2. The number of morpholine rings is 2. The summed E-state index contributed by atoms with van der Waals surface area (Å²) in [6.45, 7) is 4.88. The summed E-state index contributed by atoms with van der Waals surface area (Å²) >= 11 is 0. The number of carbonyl (C=O) groups excluding carboxylic acids is 4. The van der Waals surface area contributed by atoms with Crippen molar-refractivity contribution >= 4 is 23.9 Å². The fourth-order valence-electron chi connectivity index (χ4n) is 8.88. The Balaban J connectivity index is 0.847. The zero-order valence-corrected chi connectivity index (χ0v) is 35.6. The predicted molar refractivity (Wildman–Crippen MR) is 236 cm³/mol. The number of urea groups is 2. The second-order valence-electron chi connectivity index (χ2n) is 16.4. The van der Waals surface area contributed by atoms with Crippen LogP contribution in [0.25, 0.3) is 11.3 Å². The minimum atomic E-state index is -0.844. The van der Waals surface area contributed by atoms with E-state index in [0.29, 0.717) is 83.0 Å². The van der Waals surface area contributed by atoms with Crippen LogP contribution in [0, 0.1) is 11.8 Å². The summed E-state index contributed by atoms with van der Waals surface area (Å²) in [7, 11) is 0. The van der Waals surface area contributed by atoms with Gasteiger partial charge in [0.25, 0.3) is 0 Å². The molecule has 0 bridgehead atoms. The van der Waals surface area contributed by atoms with Gasteiger partial charge in [-0.2, -0.15) is 0 Å². The van der Waals surface area contributed by atoms with E-state index in [1.54, 1.807) is 22.2 Å². The minimum absolute atomic E-state index is 0.170. The second kappa shape index (κ2) is 19.6. The second-order valence-corrected chi connectivity index (χ2v) is 16.4. The lowest BCUT2D eigenvalue weighted by molar-refractivity contribution is -0.135. The molecule has 64 heavy (non-hydrogen) atoms. The van der Waals surface area contributed by atoms with E-state index in [2.05, 4.69) is 37.4 Å². The molecule has 0 radical (unpaired) electrons. The number of ether oxygens (including phenoxy) is 2. The molecule has 9 rings (SSSR count). The van der Waals surface area contributed by atoms with Gasteiger partial charge in [-0.1, -0.05) is 78.7 Å². The lowest BCUT2D eigenvalue weighted by atomic mass is 10.0. The Bertz CT molecular complexity index is 2470. The molecular formula is C48H52N10O6. The number of likely N-dealkylation sites (tertiary alicyclic amines) is 2. The van der Waals surface area contributed by atoms with E-state index < -0.39 is 12.1 Å². The summed E-state index contributed by atoms with van der Waals surface area (Å²) in [6.07, 6.45) is 6.59. The number of aromatic nitrogens is 4. The maximum Gasteiger partial charge on any atom is 0.318 e. The van der Waals surface area contributed by atoms with Crippen molar-refractivity contribution in [2.75, 3.05) is 65.7 Å². The van der Waals surface area contributed by atoms with Crippen molar-refractivity contribution in [1.82, 2.24) is 50.2 Å². The molecule has 0 spiro atoms. The largest absolute Gasteiger partial charge is 0.378 e. The van der Waals surface area contributed by atoms with Gasteiger partial charge in [0, 0.05) is 44.8 Å². The van der Waals surface area contributed by atoms with Gasteiger partial charge in [-0.05, 0) is 60.4 Å². The molecule has 330 valence electrons. The topological polar surface area (TPSA) is 181 Å². The van der Waals surface area contributed by atoms with Crippen LogP contribution in [0.2, 0.25) is 0 Å². The van der Waals surface area contributed by atoms with E-state index in [-0.39, 0.29) is 36.0 Å². The van der Waals surface area contributed by atoms with Crippen LogP contribution in [0.15, 0.2) is 97.3 Å². The molecule has 4 aliphatic heterocycles. The smallest absolute Gasteiger partial charge is 0.318 e. The van der Waals surface area contributed by atoms with Gasteiger partial charge in [-0.3, -0.25) is 9.59 Å². The van der Waals surface area contributed by atoms with Crippen molar-refractivity contribution in [2.24, 2.45) is 0 Å². The fourth-order valence-corrected chi connectivity index (χ4v) is 8.88. The third kappa shape index (κ3) is 9.51. The summed E-state index contributed by atoms with van der Waals surface area (Å²) < 4.78 is 10.8.